The van der Waals surface area contributed by atoms with Gasteiger partial charge in [-0.3, -0.25) is 9.47 Å². The number of hydrogen-bond donors (Lipinski definition) is 2. The second kappa shape index (κ2) is 7.99. The predicted molar refractivity (Wildman–Crippen MR) is 116 cm³/mol. The number of aromatic nitrogens is 4. The number of carbonyl (C=O) groups excluding carboxylic acids is 1. The lowest BCUT2D eigenvalue weighted by molar-refractivity contribution is -0.109. The Kier molecular flexibility index (Phi) is 5.03. The summed E-state index contributed by atoms with van der Waals surface area (Å²) in [4.78, 5) is 37.2. The molecular formula is C22H24N6O3. The van der Waals surface area contributed by atoms with E-state index in [2.05, 4.69) is 44.1 Å². The van der Waals surface area contributed by atoms with Gasteiger partial charge in [0.25, 0.3) is 0 Å². The molecule has 160 valence electrons. The van der Waals surface area contributed by atoms with Gasteiger partial charge < -0.3 is 20.2 Å². The number of nitrogens with one attached hydrogen (secondary N) is 1. The van der Waals surface area contributed by atoms with Gasteiger partial charge in [0.2, 0.25) is 0 Å². The smallest absolute Gasteiger partial charge is 0.328 e. The van der Waals surface area contributed by atoms with E-state index >= 15 is 0 Å². The molecule has 31 heavy (non-hydrogen) atoms. The molecule has 4 bridgehead atoms. The van der Waals surface area contributed by atoms with E-state index < -0.39 is 0 Å². The second-order valence-corrected chi connectivity index (χ2v) is 7.96. The van der Waals surface area contributed by atoms with Crippen LogP contribution in [0.5, 0.6) is 6.01 Å². The lowest BCUT2D eigenvalue weighted by Crippen LogP contribution is -2.33. The molecule has 0 atom stereocenters. The molecule has 5 rings (SSSR count). The second-order valence-electron chi connectivity index (χ2n) is 7.96. The summed E-state index contributed by atoms with van der Waals surface area (Å²) in [5.41, 5.74) is 11.4. The summed E-state index contributed by atoms with van der Waals surface area (Å²) in [6.07, 6.45) is 7.56. The van der Waals surface area contributed by atoms with Crippen LogP contribution in [0.3, 0.4) is 0 Å². The van der Waals surface area contributed by atoms with Gasteiger partial charge in [-0.2, -0.15) is 9.97 Å². The average Bonchev–Trinajstić information content (AvgIpc) is 3.06. The number of fused-ring (bicyclic) bond motifs is 5. The van der Waals surface area contributed by atoms with E-state index in [1.54, 1.807) is 4.57 Å². The molecule has 0 aliphatic carbocycles. The first kappa shape index (κ1) is 19.5. The van der Waals surface area contributed by atoms with Crippen LogP contribution in [0.1, 0.15) is 28.7 Å². The number of imidazole rings is 1. The third kappa shape index (κ3) is 3.72. The number of nitrogens with zero attached hydrogens (tertiary/aromatic N) is 4. The zero-order chi connectivity index (χ0) is 21.4. The molecule has 0 radical (unpaired) electrons. The van der Waals surface area contributed by atoms with Crippen molar-refractivity contribution in [2.24, 2.45) is 0 Å². The molecule has 4 heterocycles. The van der Waals surface area contributed by atoms with Crippen LogP contribution in [0.15, 0.2) is 29.1 Å². The summed E-state index contributed by atoms with van der Waals surface area (Å²) in [6, 6.07) is 4.50. The van der Waals surface area contributed by atoms with Gasteiger partial charge >= 0.3 is 11.7 Å². The fourth-order valence-corrected chi connectivity index (χ4v) is 4.38. The molecule has 0 spiro atoms. The highest BCUT2D eigenvalue weighted by molar-refractivity contribution is 5.82. The molecule has 9 nitrogen and oxygen atoms in total. The summed E-state index contributed by atoms with van der Waals surface area (Å²) in [5, 5.41) is 0. The molecule has 2 aromatic heterocycles. The van der Waals surface area contributed by atoms with Crippen molar-refractivity contribution in [2.75, 3.05) is 25.4 Å². The fraction of sp³-hybridized carbons (Fsp3) is 0.364. The fourth-order valence-electron chi connectivity index (χ4n) is 4.38. The lowest BCUT2D eigenvalue weighted by atomic mass is 9.90. The molecule has 9 heteroatoms. The van der Waals surface area contributed by atoms with E-state index in [4.69, 9.17) is 10.5 Å². The minimum absolute atomic E-state index is 0.171. The zero-order valence-electron chi connectivity index (χ0n) is 17.1. The SMILES string of the molecule is Nc1nc2nc3c1[nH]c(=O)n3Cc1cc(c3c(c1)CCN(CC=O)C3)C/C=C/CCO2. The molecule has 2 aliphatic rings. The van der Waals surface area contributed by atoms with E-state index in [9.17, 15) is 9.59 Å². The van der Waals surface area contributed by atoms with Gasteiger partial charge in [0.15, 0.2) is 11.5 Å². The predicted octanol–water partition coefficient (Wildman–Crippen LogP) is 1.19. The van der Waals surface area contributed by atoms with E-state index in [0.29, 0.717) is 37.3 Å². The van der Waals surface area contributed by atoms with Gasteiger partial charge in [-0.15, -0.1) is 0 Å². The van der Waals surface area contributed by atoms with Gasteiger partial charge in [-0.25, -0.2) is 4.79 Å². The number of aldehydes is 1. The Morgan fingerprint density at radius 3 is 2.94 bits per heavy atom. The van der Waals surface area contributed by atoms with Gasteiger partial charge in [-0.05, 0) is 41.5 Å². The monoisotopic (exact) mass is 420 g/mol. The standard InChI is InChI=1S/C22H24N6O3/c23-19-18-20-26-21(25-19)31-9-3-1-2-4-15-10-14(12-28(20)22(30)24-18)11-16-5-6-27(7-8-29)13-17(15)16/h1-2,8,10-11H,3-7,9,12-13H2,(H,24,30)(H2,23,25,26)/b2-1+. The molecule has 3 N–H and O–H groups in total. The Morgan fingerprint density at radius 1 is 1.19 bits per heavy atom. The first-order chi connectivity index (χ1) is 15.1. The minimum Gasteiger partial charge on any atom is -0.463 e. The molecule has 1 aromatic carbocycles. The van der Waals surface area contributed by atoms with Crippen molar-refractivity contribution < 1.29 is 9.53 Å². The molecule has 3 aromatic rings. The Balaban J connectivity index is 1.62. The number of nitrogens with two attached hydrogens (primary N) is 1. The number of allylic oxidation sites excluding steroid dienone is 1. The highest BCUT2D eigenvalue weighted by atomic mass is 16.5. The molecule has 2 aliphatic heterocycles. The van der Waals surface area contributed by atoms with Crippen LogP contribution in [0.2, 0.25) is 0 Å². The number of anilines is 1. The van der Waals surface area contributed by atoms with Crippen LogP contribution in [0.25, 0.3) is 11.2 Å². The maximum atomic E-state index is 12.7. The Morgan fingerprint density at radius 2 is 2.06 bits per heavy atom. The number of benzene rings is 1. The molecule has 0 unspecified atom stereocenters. The first-order valence-corrected chi connectivity index (χ1v) is 10.5. The lowest BCUT2D eigenvalue weighted by Gasteiger charge is -2.29. The normalized spacial score (nSPS) is 17.7. The number of H-pyrrole nitrogens is 1. The summed E-state index contributed by atoms with van der Waals surface area (Å²) >= 11 is 0. The number of aromatic amines is 1. The van der Waals surface area contributed by atoms with Gasteiger partial charge in [-0.1, -0.05) is 24.3 Å². The van der Waals surface area contributed by atoms with E-state index in [1.807, 2.05) is 0 Å². The third-order valence-corrected chi connectivity index (χ3v) is 5.90. The molecular weight excluding hydrogens is 396 g/mol. The Labute approximate surface area is 178 Å². The summed E-state index contributed by atoms with van der Waals surface area (Å²) in [7, 11) is 0. The minimum atomic E-state index is -0.281. The van der Waals surface area contributed by atoms with Gasteiger partial charge in [0, 0.05) is 13.1 Å². The summed E-state index contributed by atoms with van der Waals surface area (Å²) in [6.45, 7) is 2.85. The van der Waals surface area contributed by atoms with Crippen molar-refractivity contribution in [1.82, 2.24) is 24.4 Å². The van der Waals surface area contributed by atoms with Crippen LogP contribution in [-0.4, -0.2) is 50.4 Å². The van der Waals surface area contributed by atoms with Crippen molar-refractivity contribution in [2.45, 2.75) is 32.4 Å². The zero-order valence-corrected chi connectivity index (χ0v) is 17.1. The summed E-state index contributed by atoms with van der Waals surface area (Å²) in [5.74, 6) is 0.194. The highest BCUT2D eigenvalue weighted by Gasteiger charge is 2.21. The largest absolute Gasteiger partial charge is 0.463 e. The third-order valence-electron chi connectivity index (χ3n) is 5.90. The number of carbonyl (C=O) groups is 1. The van der Waals surface area contributed by atoms with E-state index in [0.717, 1.165) is 37.8 Å². The van der Waals surface area contributed by atoms with Crippen molar-refractivity contribution in [1.29, 1.82) is 0 Å². The van der Waals surface area contributed by atoms with Crippen LogP contribution in [0, 0.1) is 0 Å². The number of rotatable bonds is 2. The topological polar surface area (TPSA) is 119 Å². The average molecular weight is 420 g/mol. The van der Waals surface area contributed by atoms with Crippen LogP contribution < -0.4 is 16.2 Å². The van der Waals surface area contributed by atoms with Crippen molar-refractivity contribution in [3.63, 3.8) is 0 Å². The Bertz CT molecular complexity index is 1240. The quantitative estimate of drug-likeness (QED) is 0.472. The van der Waals surface area contributed by atoms with E-state index in [-0.39, 0.29) is 17.5 Å². The highest BCUT2D eigenvalue weighted by Crippen LogP contribution is 2.27. The first-order valence-electron chi connectivity index (χ1n) is 10.5. The number of nitrogen functional groups attached to an aromatic ring is 1. The van der Waals surface area contributed by atoms with Crippen LogP contribution in [-0.2, 0) is 30.7 Å². The van der Waals surface area contributed by atoms with Crippen molar-refractivity contribution >= 4 is 23.3 Å². The van der Waals surface area contributed by atoms with Gasteiger partial charge in [0.05, 0.1) is 19.7 Å². The van der Waals surface area contributed by atoms with Crippen LogP contribution >= 0.6 is 0 Å². The van der Waals surface area contributed by atoms with Crippen molar-refractivity contribution in [3.05, 3.63) is 57.0 Å². The number of ether oxygens (including phenoxy) is 1. The summed E-state index contributed by atoms with van der Waals surface area (Å²) < 4.78 is 7.24. The molecule has 0 saturated carbocycles. The molecule has 0 amide bonds. The van der Waals surface area contributed by atoms with Gasteiger partial charge in [0.1, 0.15) is 11.8 Å². The Hall–Kier alpha value is -3.46. The van der Waals surface area contributed by atoms with Crippen molar-refractivity contribution in [3.8, 4) is 6.01 Å². The molecule has 0 fully saturated rings. The van der Waals surface area contributed by atoms with Crippen LogP contribution in [0.4, 0.5) is 5.82 Å². The number of hydrogen-bond acceptors (Lipinski definition) is 7. The maximum Gasteiger partial charge on any atom is 0.328 e. The maximum absolute atomic E-state index is 12.7. The molecule has 0 saturated heterocycles. The van der Waals surface area contributed by atoms with E-state index in [1.165, 1.54) is 16.7 Å².